The quantitative estimate of drug-likeness (QED) is 0.893. The lowest BCUT2D eigenvalue weighted by Crippen LogP contribution is -2.29. The molecule has 8 heteroatoms. The van der Waals surface area contributed by atoms with E-state index in [1.807, 2.05) is 0 Å². The SMILES string of the molecule is CC(C)N1CCC(CNc2cc(C(F)(F)F)nc(N)n2)C1. The number of anilines is 2. The van der Waals surface area contributed by atoms with Crippen molar-refractivity contribution in [2.45, 2.75) is 32.5 Å². The van der Waals surface area contributed by atoms with Crippen molar-refractivity contribution >= 4 is 11.8 Å². The first-order chi connectivity index (χ1) is 9.75. The molecule has 21 heavy (non-hydrogen) atoms. The number of nitrogens with zero attached hydrogens (tertiary/aromatic N) is 3. The first kappa shape index (κ1) is 15.8. The van der Waals surface area contributed by atoms with E-state index < -0.39 is 11.9 Å². The van der Waals surface area contributed by atoms with E-state index >= 15 is 0 Å². The largest absolute Gasteiger partial charge is 0.433 e. The van der Waals surface area contributed by atoms with Crippen LogP contribution in [0, 0.1) is 5.92 Å². The molecular formula is C13H20F3N5. The second-order valence-corrected chi connectivity index (χ2v) is 5.62. The molecule has 0 spiro atoms. The third-order valence-corrected chi connectivity index (χ3v) is 3.65. The molecule has 118 valence electrons. The van der Waals surface area contributed by atoms with Crippen molar-refractivity contribution in [3.63, 3.8) is 0 Å². The number of rotatable bonds is 4. The Morgan fingerprint density at radius 1 is 1.43 bits per heavy atom. The van der Waals surface area contributed by atoms with Gasteiger partial charge in [0, 0.05) is 25.2 Å². The minimum atomic E-state index is -4.52. The van der Waals surface area contributed by atoms with E-state index in [4.69, 9.17) is 5.73 Å². The Labute approximate surface area is 121 Å². The van der Waals surface area contributed by atoms with Gasteiger partial charge in [-0.3, -0.25) is 0 Å². The maximum absolute atomic E-state index is 12.6. The van der Waals surface area contributed by atoms with Crippen LogP contribution in [0.3, 0.4) is 0 Å². The third-order valence-electron chi connectivity index (χ3n) is 3.65. The predicted octanol–water partition coefficient (Wildman–Crippen LogP) is 2.22. The fourth-order valence-electron chi connectivity index (χ4n) is 2.45. The maximum Gasteiger partial charge on any atom is 0.433 e. The van der Waals surface area contributed by atoms with Crippen molar-refractivity contribution in [3.8, 4) is 0 Å². The van der Waals surface area contributed by atoms with Crippen molar-refractivity contribution in [2.24, 2.45) is 5.92 Å². The van der Waals surface area contributed by atoms with Crippen molar-refractivity contribution < 1.29 is 13.2 Å². The van der Waals surface area contributed by atoms with E-state index in [0.717, 1.165) is 25.6 Å². The second-order valence-electron chi connectivity index (χ2n) is 5.62. The second kappa shape index (κ2) is 6.05. The van der Waals surface area contributed by atoms with Gasteiger partial charge < -0.3 is 16.0 Å². The predicted molar refractivity (Wildman–Crippen MR) is 74.8 cm³/mol. The first-order valence-corrected chi connectivity index (χ1v) is 6.95. The van der Waals surface area contributed by atoms with E-state index in [-0.39, 0.29) is 11.8 Å². The maximum atomic E-state index is 12.6. The average Bonchev–Trinajstić information content (AvgIpc) is 2.83. The van der Waals surface area contributed by atoms with Gasteiger partial charge in [0.15, 0.2) is 5.69 Å². The van der Waals surface area contributed by atoms with Crippen LogP contribution in [0.5, 0.6) is 0 Å². The number of aromatic nitrogens is 2. The fourth-order valence-corrected chi connectivity index (χ4v) is 2.45. The number of likely N-dealkylation sites (tertiary alicyclic amines) is 1. The van der Waals surface area contributed by atoms with Crippen molar-refractivity contribution in [1.82, 2.24) is 14.9 Å². The van der Waals surface area contributed by atoms with Crippen LogP contribution in [-0.4, -0.2) is 40.5 Å². The molecule has 0 amide bonds. The summed E-state index contributed by atoms with van der Waals surface area (Å²) < 4.78 is 37.9. The van der Waals surface area contributed by atoms with Crippen molar-refractivity contribution in [3.05, 3.63) is 11.8 Å². The molecule has 1 aromatic rings. The van der Waals surface area contributed by atoms with Crippen LogP contribution in [0.15, 0.2) is 6.07 Å². The Morgan fingerprint density at radius 3 is 2.71 bits per heavy atom. The van der Waals surface area contributed by atoms with Gasteiger partial charge in [-0.25, -0.2) is 4.98 Å². The molecule has 2 rings (SSSR count). The number of halogens is 3. The summed E-state index contributed by atoms with van der Waals surface area (Å²) in [4.78, 5) is 9.37. The van der Waals surface area contributed by atoms with Crippen LogP contribution in [-0.2, 0) is 6.18 Å². The van der Waals surface area contributed by atoms with Gasteiger partial charge in [0.2, 0.25) is 5.95 Å². The molecule has 1 aromatic heterocycles. The summed E-state index contributed by atoms with van der Waals surface area (Å²) in [5.74, 6) is 0.151. The molecule has 0 saturated carbocycles. The molecule has 1 fully saturated rings. The van der Waals surface area contributed by atoms with Crippen LogP contribution in [0.2, 0.25) is 0 Å². The van der Waals surface area contributed by atoms with Crippen LogP contribution in [0.25, 0.3) is 0 Å². The van der Waals surface area contributed by atoms with E-state index in [1.165, 1.54) is 0 Å². The highest BCUT2D eigenvalue weighted by Gasteiger charge is 2.33. The normalized spacial score (nSPS) is 20.2. The lowest BCUT2D eigenvalue weighted by atomic mass is 10.1. The Balaban J connectivity index is 1.96. The number of hydrogen-bond acceptors (Lipinski definition) is 5. The minimum absolute atomic E-state index is 0.123. The van der Waals surface area contributed by atoms with E-state index in [0.29, 0.717) is 18.5 Å². The monoisotopic (exact) mass is 303 g/mol. The van der Waals surface area contributed by atoms with Crippen molar-refractivity contribution in [2.75, 3.05) is 30.7 Å². The summed E-state index contributed by atoms with van der Waals surface area (Å²) >= 11 is 0. The molecule has 1 atom stereocenters. The van der Waals surface area contributed by atoms with Gasteiger partial charge in [-0.05, 0) is 32.7 Å². The zero-order valence-electron chi connectivity index (χ0n) is 12.1. The van der Waals surface area contributed by atoms with E-state index in [9.17, 15) is 13.2 Å². The summed E-state index contributed by atoms with van der Waals surface area (Å²) in [5.41, 5.74) is 4.31. The highest BCUT2D eigenvalue weighted by molar-refractivity contribution is 5.41. The lowest BCUT2D eigenvalue weighted by Gasteiger charge is -2.20. The highest BCUT2D eigenvalue weighted by Crippen LogP contribution is 2.29. The molecular weight excluding hydrogens is 283 g/mol. The zero-order chi connectivity index (χ0) is 15.6. The summed E-state index contributed by atoms with van der Waals surface area (Å²) in [6, 6.07) is 1.38. The molecule has 0 aromatic carbocycles. The van der Waals surface area contributed by atoms with Gasteiger partial charge in [-0.1, -0.05) is 0 Å². The van der Waals surface area contributed by atoms with Gasteiger partial charge in [0.25, 0.3) is 0 Å². The van der Waals surface area contributed by atoms with E-state index in [2.05, 4.69) is 34.0 Å². The Hall–Kier alpha value is -1.57. The fraction of sp³-hybridized carbons (Fsp3) is 0.692. The molecule has 0 bridgehead atoms. The highest BCUT2D eigenvalue weighted by atomic mass is 19.4. The third kappa shape index (κ3) is 4.20. The summed E-state index contributed by atoms with van der Waals surface area (Å²) in [7, 11) is 0. The molecule has 5 nitrogen and oxygen atoms in total. The first-order valence-electron chi connectivity index (χ1n) is 6.95. The zero-order valence-corrected chi connectivity index (χ0v) is 12.1. The lowest BCUT2D eigenvalue weighted by molar-refractivity contribution is -0.141. The van der Waals surface area contributed by atoms with Gasteiger partial charge in [-0.2, -0.15) is 18.2 Å². The number of nitrogens with two attached hydrogens (primary N) is 1. The molecule has 1 aliphatic rings. The Bertz CT molecular complexity index is 489. The summed E-state index contributed by atoms with van der Waals surface area (Å²) in [6.45, 7) is 6.81. The minimum Gasteiger partial charge on any atom is -0.370 e. The molecule has 3 N–H and O–H groups in total. The van der Waals surface area contributed by atoms with Gasteiger partial charge in [0.05, 0.1) is 0 Å². The van der Waals surface area contributed by atoms with Crippen LogP contribution in [0.4, 0.5) is 24.9 Å². The number of hydrogen-bond donors (Lipinski definition) is 2. The van der Waals surface area contributed by atoms with Gasteiger partial charge in [-0.15, -0.1) is 0 Å². The summed E-state index contributed by atoms with van der Waals surface area (Å²) in [5, 5.41) is 2.94. The van der Waals surface area contributed by atoms with Crippen LogP contribution < -0.4 is 11.1 Å². The van der Waals surface area contributed by atoms with Gasteiger partial charge in [0.1, 0.15) is 5.82 Å². The summed E-state index contributed by atoms with van der Waals surface area (Å²) in [6.07, 6.45) is -3.49. The Morgan fingerprint density at radius 2 is 2.14 bits per heavy atom. The van der Waals surface area contributed by atoms with E-state index in [1.54, 1.807) is 0 Å². The Kier molecular flexibility index (Phi) is 4.55. The smallest absolute Gasteiger partial charge is 0.370 e. The van der Waals surface area contributed by atoms with Crippen LogP contribution in [0.1, 0.15) is 26.0 Å². The molecule has 1 saturated heterocycles. The number of nitrogen functional groups attached to an aromatic ring is 1. The number of alkyl halides is 3. The van der Waals surface area contributed by atoms with Crippen LogP contribution >= 0.6 is 0 Å². The average molecular weight is 303 g/mol. The number of nitrogens with one attached hydrogen (secondary N) is 1. The molecule has 1 unspecified atom stereocenters. The molecule has 0 aliphatic carbocycles. The molecule has 2 heterocycles. The van der Waals surface area contributed by atoms with Gasteiger partial charge >= 0.3 is 6.18 Å². The van der Waals surface area contributed by atoms with Crippen molar-refractivity contribution in [1.29, 1.82) is 0 Å². The topological polar surface area (TPSA) is 67.1 Å². The molecule has 0 radical (unpaired) electrons. The molecule has 1 aliphatic heterocycles. The standard InChI is InChI=1S/C13H20F3N5/c1-8(2)21-4-3-9(7-21)6-18-11-5-10(13(14,15)16)19-12(17)20-11/h5,8-9H,3-4,6-7H2,1-2H3,(H3,17,18,19,20).